The minimum Gasteiger partial charge on any atom is -0.491 e. The fourth-order valence-corrected chi connectivity index (χ4v) is 3.02. The molecule has 0 heterocycles. The zero-order valence-electron chi connectivity index (χ0n) is 14.4. The maximum atomic E-state index is 12.0. The standard InChI is InChI=1S/C18H28N2O3.ClH/c1-12(2)23-15-7-3-6-14(9-15)17(21)11-20-18(22)10-13-5-4-8-16(13)19;/h3,6-7,9,12-13,16-17,21H,4-5,8,10-11,19H2,1-2H3,(H,20,22);1H/t13-,16+,17?;/m0./s1. The molecular weight excluding hydrogens is 328 g/mol. The first-order valence-electron chi connectivity index (χ1n) is 8.42. The summed E-state index contributed by atoms with van der Waals surface area (Å²) in [7, 11) is 0. The van der Waals surface area contributed by atoms with Gasteiger partial charge in [0.1, 0.15) is 5.75 Å². The van der Waals surface area contributed by atoms with E-state index < -0.39 is 6.10 Å². The van der Waals surface area contributed by atoms with Crippen molar-refractivity contribution in [3.8, 4) is 5.75 Å². The Morgan fingerprint density at radius 1 is 1.42 bits per heavy atom. The van der Waals surface area contributed by atoms with Crippen molar-refractivity contribution in [1.82, 2.24) is 5.32 Å². The Balaban J connectivity index is 0.00000288. The number of hydrogen-bond acceptors (Lipinski definition) is 4. The van der Waals surface area contributed by atoms with Gasteiger partial charge in [-0.15, -0.1) is 12.4 Å². The molecule has 1 aliphatic carbocycles. The Morgan fingerprint density at radius 3 is 2.79 bits per heavy atom. The molecule has 1 unspecified atom stereocenters. The Bertz CT molecular complexity index is 525. The third-order valence-corrected chi connectivity index (χ3v) is 4.27. The Labute approximate surface area is 150 Å². The first-order valence-corrected chi connectivity index (χ1v) is 8.42. The van der Waals surface area contributed by atoms with E-state index in [1.807, 2.05) is 38.1 Å². The highest BCUT2D eigenvalue weighted by Crippen LogP contribution is 2.26. The third kappa shape index (κ3) is 6.30. The zero-order valence-corrected chi connectivity index (χ0v) is 15.2. The van der Waals surface area contributed by atoms with Crippen LogP contribution in [0.3, 0.4) is 0 Å². The predicted molar refractivity (Wildman–Crippen MR) is 97.4 cm³/mol. The van der Waals surface area contributed by atoms with Gasteiger partial charge in [0.05, 0.1) is 12.2 Å². The second-order valence-electron chi connectivity index (χ2n) is 6.62. The molecule has 1 aliphatic rings. The molecule has 1 amide bonds. The normalized spacial score (nSPS) is 21.2. The zero-order chi connectivity index (χ0) is 16.8. The maximum Gasteiger partial charge on any atom is 0.220 e. The summed E-state index contributed by atoms with van der Waals surface area (Å²) in [5.74, 6) is 0.954. The molecule has 0 radical (unpaired) electrons. The second kappa shape index (κ2) is 9.87. The summed E-state index contributed by atoms with van der Waals surface area (Å²) >= 11 is 0. The molecule has 3 atom stereocenters. The highest BCUT2D eigenvalue weighted by atomic mass is 35.5. The van der Waals surface area contributed by atoms with Crippen molar-refractivity contribution in [3.63, 3.8) is 0 Å². The van der Waals surface area contributed by atoms with Crippen molar-refractivity contribution in [2.24, 2.45) is 11.7 Å². The van der Waals surface area contributed by atoms with Gasteiger partial charge in [-0.25, -0.2) is 0 Å². The highest BCUT2D eigenvalue weighted by molar-refractivity contribution is 5.85. The minimum atomic E-state index is -0.744. The summed E-state index contributed by atoms with van der Waals surface area (Å²) in [5, 5.41) is 13.0. The van der Waals surface area contributed by atoms with E-state index in [-0.39, 0.29) is 42.9 Å². The number of halogens is 1. The van der Waals surface area contributed by atoms with Crippen LogP contribution in [0, 0.1) is 5.92 Å². The van der Waals surface area contributed by atoms with E-state index in [0.29, 0.717) is 6.42 Å². The van der Waals surface area contributed by atoms with Gasteiger partial charge in [-0.05, 0) is 50.3 Å². The van der Waals surface area contributed by atoms with Gasteiger partial charge in [-0.2, -0.15) is 0 Å². The fourth-order valence-electron chi connectivity index (χ4n) is 3.02. The molecule has 1 fully saturated rings. The third-order valence-electron chi connectivity index (χ3n) is 4.27. The van der Waals surface area contributed by atoms with Crippen LogP contribution in [0.4, 0.5) is 0 Å². The van der Waals surface area contributed by atoms with Gasteiger partial charge in [0.25, 0.3) is 0 Å². The molecule has 0 aromatic heterocycles. The maximum absolute atomic E-state index is 12.0. The Hall–Kier alpha value is -1.30. The lowest BCUT2D eigenvalue weighted by Crippen LogP contribution is -2.33. The van der Waals surface area contributed by atoms with Gasteiger partial charge < -0.3 is 20.9 Å². The number of nitrogens with two attached hydrogens (primary N) is 1. The van der Waals surface area contributed by atoms with Crippen LogP contribution < -0.4 is 15.8 Å². The molecule has 1 aromatic carbocycles. The number of rotatable bonds is 7. The van der Waals surface area contributed by atoms with Crippen LogP contribution in [0.5, 0.6) is 5.75 Å². The fraction of sp³-hybridized carbons (Fsp3) is 0.611. The smallest absolute Gasteiger partial charge is 0.220 e. The molecule has 1 saturated carbocycles. The number of nitrogens with one attached hydrogen (secondary N) is 1. The van der Waals surface area contributed by atoms with Crippen LogP contribution in [0.15, 0.2) is 24.3 Å². The number of carbonyl (C=O) groups excluding carboxylic acids is 1. The molecule has 0 spiro atoms. The molecular formula is C18H29ClN2O3. The average Bonchev–Trinajstić information content (AvgIpc) is 2.89. The van der Waals surface area contributed by atoms with Gasteiger partial charge in [0, 0.05) is 19.0 Å². The van der Waals surface area contributed by atoms with Crippen LogP contribution in [0.25, 0.3) is 0 Å². The molecule has 136 valence electrons. The summed E-state index contributed by atoms with van der Waals surface area (Å²) in [5.41, 5.74) is 6.72. The molecule has 2 rings (SSSR count). The lowest BCUT2D eigenvalue weighted by atomic mass is 10.00. The Morgan fingerprint density at radius 2 is 2.17 bits per heavy atom. The van der Waals surface area contributed by atoms with Crippen molar-refractivity contribution in [3.05, 3.63) is 29.8 Å². The summed E-state index contributed by atoms with van der Waals surface area (Å²) in [6, 6.07) is 7.47. The lowest BCUT2D eigenvalue weighted by molar-refractivity contribution is -0.122. The number of ether oxygens (including phenoxy) is 1. The molecule has 6 heteroatoms. The van der Waals surface area contributed by atoms with E-state index in [4.69, 9.17) is 10.5 Å². The first-order chi connectivity index (χ1) is 11.0. The second-order valence-corrected chi connectivity index (χ2v) is 6.62. The summed E-state index contributed by atoms with van der Waals surface area (Å²) in [6.45, 7) is 4.11. The molecule has 4 N–H and O–H groups in total. The largest absolute Gasteiger partial charge is 0.491 e. The monoisotopic (exact) mass is 356 g/mol. The van der Waals surface area contributed by atoms with Crippen molar-refractivity contribution in [1.29, 1.82) is 0 Å². The predicted octanol–water partition coefficient (Wildman–Crippen LogP) is 2.56. The number of aliphatic hydroxyl groups excluding tert-OH is 1. The number of benzene rings is 1. The van der Waals surface area contributed by atoms with E-state index in [9.17, 15) is 9.90 Å². The minimum absolute atomic E-state index is 0. The van der Waals surface area contributed by atoms with Crippen molar-refractivity contribution in [2.75, 3.05) is 6.54 Å². The first kappa shape index (κ1) is 20.7. The molecule has 1 aromatic rings. The number of amides is 1. The molecule has 0 aliphatic heterocycles. The van der Waals surface area contributed by atoms with Crippen LogP contribution in [-0.4, -0.2) is 29.7 Å². The van der Waals surface area contributed by atoms with Crippen LogP contribution in [-0.2, 0) is 4.79 Å². The number of aliphatic hydroxyl groups is 1. The quantitative estimate of drug-likeness (QED) is 0.701. The van der Waals surface area contributed by atoms with E-state index in [0.717, 1.165) is 30.6 Å². The topological polar surface area (TPSA) is 84.6 Å². The van der Waals surface area contributed by atoms with E-state index >= 15 is 0 Å². The van der Waals surface area contributed by atoms with Crippen LogP contribution >= 0.6 is 12.4 Å². The summed E-state index contributed by atoms with van der Waals surface area (Å²) in [4.78, 5) is 12.0. The lowest BCUT2D eigenvalue weighted by Gasteiger charge is -2.17. The van der Waals surface area contributed by atoms with Crippen molar-refractivity contribution in [2.45, 2.75) is 57.8 Å². The van der Waals surface area contributed by atoms with E-state index in [2.05, 4.69) is 5.32 Å². The van der Waals surface area contributed by atoms with Gasteiger partial charge in [0.15, 0.2) is 0 Å². The van der Waals surface area contributed by atoms with Crippen molar-refractivity contribution >= 4 is 18.3 Å². The SMILES string of the molecule is CC(C)Oc1cccc(C(O)CNC(=O)C[C@@H]2CCC[C@H]2N)c1.Cl. The van der Waals surface area contributed by atoms with Crippen molar-refractivity contribution < 1.29 is 14.6 Å². The highest BCUT2D eigenvalue weighted by Gasteiger charge is 2.26. The number of carbonyl (C=O) groups is 1. The summed E-state index contributed by atoms with van der Waals surface area (Å²) < 4.78 is 5.62. The van der Waals surface area contributed by atoms with E-state index in [1.54, 1.807) is 0 Å². The Kier molecular flexibility index (Phi) is 8.53. The van der Waals surface area contributed by atoms with Gasteiger partial charge in [0.2, 0.25) is 5.91 Å². The molecule has 0 bridgehead atoms. The van der Waals surface area contributed by atoms with E-state index in [1.165, 1.54) is 0 Å². The average molecular weight is 357 g/mol. The van der Waals surface area contributed by atoms with Gasteiger partial charge in [-0.1, -0.05) is 18.6 Å². The molecule has 5 nitrogen and oxygen atoms in total. The number of hydrogen-bond donors (Lipinski definition) is 3. The van der Waals surface area contributed by atoms with Crippen LogP contribution in [0.1, 0.15) is 51.2 Å². The van der Waals surface area contributed by atoms with Gasteiger partial charge >= 0.3 is 0 Å². The summed E-state index contributed by atoms with van der Waals surface area (Å²) in [6.07, 6.45) is 2.91. The van der Waals surface area contributed by atoms with Gasteiger partial charge in [-0.3, -0.25) is 4.79 Å². The molecule has 0 saturated heterocycles. The van der Waals surface area contributed by atoms with Crippen LogP contribution in [0.2, 0.25) is 0 Å². The molecule has 24 heavy (non-hydrogen) atoms.